The van der Waals surface area contributed by atoms with Crippen molar-refractivity contribution >= 4 is 28.1 Å². The van der Waals surface area contributed by atoms with Crippen molar-refractivity contribution in [3.63, 3.8) is 0 Å². The van der Waals surface area contributed by atoms with Crippen molar-refractivity contribution in [1.82, 2.24) is 9.97 Å². The fourth-order valence-corrected chi connectivity index (χ4v) is 3.33. The molecule has 1 saturated carbocycles. The maximum absolute atomic E-state index is 11.9. The van der Waals surface area contributed by atoms with Gasteiger partial charge in [-0.25, -0.2) is 4.98 Å². The Bertz CT molecular complexity index is 1010. The molecule has 1 aliphatic rings. The molecule has 6 nitrogen and oxygen atoms in total. The maximum atomic E-state index is 11.9. The van der Waals surface area contributed by atoms with Crippen molar-refractivity contribution in [3.8, 4) is 0 Å². The van der Waals surface area contributed by atoms with Crippen molar-refractivity contribution in [2.45, 2.75) is 45.6 Å². The summed E-state index contributed by atoms with van der Waals surface area (Å²) in [6, 6.07) is 3.80. The van der Waals surface area contributed by atoms with Gasteiger partial charge in [-0.1, -0.05) is 18.7 Å². The summed E-state index contributed by atoms with van der Waals surface area (Å²) >= 11 is 0. The van der Waals surface area contributed by atoms with Crippen LogP contribution in [0, 0.1) is 5.92 Å². The number of allylic oxidation sites excluding steroid dienone is 3. The predicted molar refractivity (Wildman–Crippen MR) is 120 cm³/mol. The summed E-state index contributed by atoms with van der Waals surface area (Å²) in [4.78, 5) is 20.9. The van der Waals surface area contributed by atoms with Gasteiger partial charge in [-0.3, -0.25) is 9.78 Å². The smallest absolute Gasteiger partial charge is 0.228 e. The average Bonchev–Trinajstić information content (AvgIpc) is 3.58. The third-order valence-electron chi connectivity index (χ3n) is 5.26. The minimum absolute atomic E-state index is 0.0322. The van der Waals surface area contributed by atoms with E-state index >= 15 is 0 Å². The summed E-state index contributed by atoms with van der Waals surface area (Å²) in [5.74, 6) is 0.709. The molecule has 0 spiro atoms. The van der Waals surface area contributed by atoms with Crippen LogP contribution in [0.4, 0.5) is 5.82 Å². The van der Waals surface area contributed by atoms with Crippen LogP contribution in [0.1, 0.15) is 45.2 Å². The number of nitrogens with one attached hydrogen (secondary N) is 1. The van der Waals surface area contributed by atoms with Crippen LogP contribution in [0.25, 0.3) is 16.3 Å². The fourth-order valence-electron chi connectivity index (χ4n) is 3.33. The average molecular weight is 408 g/mol. The Kier molecular flexibility index (Phi) is 7.13. The number of hydrogen-bond acceptors (Lipinski definition) is 5. The fraction of sp³-hybridized carbons (Fsp3) is 0.375. The highest BCUT2D eigenvalue weighted by atomic mass is 16.3. The molecule has 1 unspecified atom stereocenters. The molecule has 1 amide bonds. The molecule has 0 aromatic carbocycles. The quantitative estimate of drug-likeness (QED) is 0.546. The first kappa shape index (κ1) is 21.9. The van der Waals surface area contributed by atoms with Gasteiger partial charge in [-0.15, -0.1) is 0 Å². The highest BCUT2D eigenvalue weighted by Crippen LogP contribution is 2.30. The number of anilines is 1. The Balaban J connectivity index is 1.78. The largest absolute Gasteiger partial charge is 0.396 e. The van der Waals surface area contributed by atoms with Crippen LogP contribution in [-0.2, 0) is 4.79 Å². The van der Waals surface area contributed by atoms with E-state index in [1.54, 1.807) is 12.4 Å². The van der Waals surface area contributed by atoms with E-state index in [0.29, 0.717) is 24.2 Å². The molecule has 0 saturated heterocycles. The highest BCUT2D eigenvalue weighted by Gasteiger charge is 2.29. The van der Waals surface area contributed by atoms with Crippen molar-refractivity contribution in [2.24, 2.45) is 5.92 Å². The molecule has 158 valence electrons. The van der Waals surface area contributed by atoms with Gasteiger partial charge in [0.1, 0.15) is 5.82 Å². The molecule has 2 aromatic rings. The van der Waals surface area contributed by atoms with Gasteiger partial charge < -0.3 is 15.5 Å². The molecular formula is C24H29N3O3. The summed E-state index contributed by atoms with van der Waals surface area (Å²) in [5.41, 5.74) is 3.30. The lowest BCUT2D eigenvalue weighted by Gasteiger charge is -2.13. The summed E-state index contributed by atoms with van der Waals surface area (Å²) in [7, 11) is 0. The van der Waals surface area contributed by atoms with E-state index in [2.05, 4.69) is 21.9 Å². The van der Waals surface area contributed by atoms with Gasteiger partial charge in [0.2, 0.25) is 5.91 Å². The molecule has 1 aliphatic carbocycles. The minimum Gasteiger partial charge on any atom is -0.396 e. The molecular weight excluding hydrogens is 378 g/mol. The van der Waals surface area contributed by atoms with E-state index in [1.807, 2.05) is 38.1 Å². The van der Waals surface area contributed by atoms with Crippen molar-refractivity contribution in [1.29, 1.82) is 0 Å². The zero-order chi connectivity index (χ0) is 21.7. The van der Waals surface area contributed by atoms with Gasteiger partial charge in [0, 0.05) is 35.7 Å². The molecule has 0 aliphatic heterocycles. The van der Waals surface area contributed by atoms with Gasteiger partial charge in [0.05, 0.1) is 11.8 Å². The van der Waals surface area contributed by atoms with E-state index < -0.39 is 6.10 Å². The number of amides is 1. The third-order valence-corrected chi connectivity index (χ3v) is 5.26. The second-order valence-corrected chi connectivity index (χ2v) is 7.74. The Hall–Kier alpha value is -2.83. The number of rotatable bonds is 9. The second kappa shape index (κ2) is 9.78. The maximum Gasteiger partial charge on any atom is 0.228 e. The minimum atomic E-state index is -0.678. The third kappa shape index (κ3) is 5.40. The molecule has 2 heterocycles. The van der Waals surface area contributed by atoms with Crippen LogP contribution in [0.15, 0.2) is 54.4 Å². The van der Waals surface area contributed by atoms with Crippen molar-refractivity contribution in [2.75, 3.05) is 11.9 Å². The Labute approximate surface area is 177 Å². The lowest BCUT2D eigenvalue weighted by atomic mass is 9.97. The van der Waals surface area contributed by atoms with Gasteiger partial charge >= 0.3 is 0 Å². The zero-order valence-corrected chi connectivity index (χ0v) is 17.6. The van der Waals surface area contributed by atoms with E-state index in [1.165, 1.54) is 0 Å². The first-order chi connectivity index (χ1) is 14.4. The van der Waals surface area contributed by atoms with E-state index in [9.17, 15) is 9.90 Å². The number of carbonyl (C=O) groups excluding carboxylic acids is 1. The number of aliphatic hydroxyl groups excluding tert-OH is 2. The Morgan fingerprint density at radius 1 is 1.30 bits per heavy atom. The molecule has 3 N–H and O–H groups in total. The normalized spacial score (nSPS) is 15.9. The Morgan fingerprint density at radius 2 is 2.00 bits per heavy atom. The predicted octanol–water partition coefficient (Wildman–Crippen LogP) is 4.02. The van der Waals surface area contributed by atoms with Crippen LogP contribution in [0.5, 0.6) is 0 Å². The molecule has 2 aromatic heterocycles. The number of fused-ring (bicyclic) bond motifs is 1. The number of aromatic nitrogens is 2. The topological polar surface area (TPSA) is 95.3 Å². The number of pyridine rings is 2. The number of aliphatic hydroxyl groups is 2. The standard InChI is InChI=1S/C24H29N3O3/c1-4-20(15(2)10-16(3)22(29)6-5-9-28)21-11-18-14-26-23(12-19(18)13-25-21)27-24(30)17-7-8-17/h4,10-14,17,22,28-29H,3,5-9H2,1-2H3,(H,26,27,30)/b15-10-,20-4+. The van der Waals surface area contributed by atoms with Crippen molar-refractivity contribution in [3.05, 3.63) is 60.1 Å². The number of hydrogen-bond donors (Lipinski definition) is 3. The van der Waals surface area contributed by atoms with Gasteiger partial charge in [0.15, 0.2) is 0 Å². The molecule has 6 heteroatoms. The van der Waals surface area contributed by atoms with Crippen LogP contribution in [0.2, 0.25) is 0 Å². The van der Waals surface area contributed by atoms with Gasteiger partial charge in [-0.05, 0) is 68.4 Å². The van der Waals surface area contributed by atoms with Crippen LogP contribution < -0.4 is 5.32 Å². The molecule has 1 atom stereocenters. The van der Waals surface area contributed by atoms with E-state index in [4.69, 9.17) is 5.11 Å². The summed E-state index contributed by atoms with van der Waals surface area (Å²) in [5, 5.41) is 23.8. The molecule has 0 radical (unpaired) electrons. The van der Waals surface area contributed by atoms with Crippen LogP contribution in [0.3, 0.4) is 0 Å². The number of nitrogens with zero attached hydrogens (tertiary/aromatic N) is 2. The monoisotopic (exact) mass is 407 g/mol. The van der Waals surface area contributed by atoms with Crippen molar-refractivity contribution < 1.29 is 15.0 Å². The lowest BCUT2D eigenvalue weighted by Crippen LogP contribution is -2.14. The molecule has 1 fully saturated rings. The van der Waals surface area contributed by atoms with Crippen LogP contribution in [-0.4, -0.2) is 38.8 Å². The highest BCUT2D eigenvalue weighted by molar-refractivity contribution is 5.95. The zero-order valence-electron chi connectivity index (χ0n) is 17.6. The first-order valence-electron chi connectivity index (χ1n) is 10.3. The SMILES string of the molecule is C=C(/C=C(C)\C(=C/C)c1cc2cnc(NC(=O)C3CC3)cc2cn1)C(O)CCCO. The second-order valence-electron chi connectivity index (χ2n) is 7.74. The van der Waals surface area contributed by atoms with Gasteiger partial charge in [0.25, 0.3) is 0 Å². The van der Waals surface area contributed by atoms with Gasteiger partial charge in [-0.2, -0.15) is 0 Å². The molecule has 0 bridgehead atoms. The van der Waals surface area contributed by atoms with Crippen LogP contribution >= 0.6 is 0 Å². The summed E-state index contributed by atoms with van der Waals surface area (Å²) in [6.45, 7) is 7.91. The lowest BCUT2D eigenvalue weighted by molar-refractivity contribution is -0.117. The molecule has 30 heavy (non-hydrogen) atoms. The first-order valence-corrected chi connectivity index (χ1v) is 10.3. The molecule has 3 rings (SSSR count). The number of carbonyl (C=O) groups is 1. The summed E-state index contributed by atoms with van der Waals surface area (Å²) < 4.78 is 0. The summed E-state index contributed by atoms with van der Waals surface area (Å²) in [6.07, 6.45) is 9.60. The van der Waals surface area contributed by atoms with E-state index in [0.717, 1.165) is 40.5 Å². The van der Waals surface area contributed by atoms with E-state index in [-0.39, 0.29) is 18.4 Å². The Morgan fingerprint density at radius 3 is 2.67 bits per heavy atom.